The highest BCUT2D eigenvalue weighted by Gasteiger charge is 2.44. The lowest BCUT2D eigenvalue weighted by Gasteiger charge is -2.36. The number of anilines is 2. The molecule has 0 aliphatic carbocycles. The Morgan fingerprint density at radius 1 is 0.958 bits per heavy atom. The van der Waals surface area contributed by atoms with Crippen LogP contribution < -0.4 is 20.2 Å². The molecule has 5 aromatic rings. The first-order valence-corrected chi connectivity index (χ1v) is 16.4. The summed E-state index contributed by atoms with van der Waals surface area (Å²) in [4.78, 5) is 22.1. The highest BCUT2D eigenvalue weighted by atomic mass is 16.8. The molecule has 0 spiro atoms. The molecule has 0 saturated carbocycles. The molecule has 2 aliphatic heterocycles. The zero-order chi connectivity index (χ0) is 33.1. The normalized spacial score (nSPS) is 20.3. The van der Waals surface area contributed by atoms with Crippen LogP contribution in [0.2, 0.25) is 0 Å². The third-order valence-corrected chi connectivity index (χ3v) is 9.07. The number of benzene rings is 2. The fourth-order valence-electron chi connectivity index (χ4n) is 6.07. The maximum atomic E-state index is 12.8. The smallest absolute Gasteiger partial charge is 0.350 e. The van der Waals surface area contributed by atoms with Crippen LogP contribution in [0.1, 0.15) is 37.4 Å². The average Bonchev–Trinajstić information content (AvgIpc) is 3.89. The van der Waals surface area contributed by atoms with Gasteiger partial charge in [0.1, 0.15) is 43.5 Å². The molecule has 7 rings (SSSR count). The quantitative estimate of drug-likeness (QED) is 0.208. The van der Waals surface area contributed by atoms with E-state index in [1.165, 1.54) is 4.68 Å². The first kappa shape index (κ1) is 31.5. The largest absolute Gasteiger partial charge is 0.489 e. The van der Waals surface area contributed by atoms with Gasteiger partial charge in [-0.2, -0.15) is 5.10 Å². The molecule has 1 unspecified atom stereocenters. The van der Waals surface area contributed by atoms with Crippen LogP contribution >= 0.6 is 0 Å². The topological polar surface area (TPSA) is 130 Å². The van der Waals surface area contributed by atoms with Gasteiger partial charge in [0, 0.05) is 37.4 Å². The summed E-state index contributed by atoms with van der Waals surface area (Å²) in [6, 6.07) is 20.2. The number of hydrogen-bond donors (Lipinski definition) is 0. The first-order chi connectivity index (χ1) is 23.4. The van der Waals surface area contributed by atoms with Gasteiger partial charge >= 0.3 is 5.69 Å². The third-order valence-electron chi connectivity index (χ3n) is 9.07. The molecule has 3 atom stereocenters. The standard InChI is InChI=1S/C34H40N10O4/c1-4-26(3)44-33(45)43(24-37-44)29-11-9-28(10-12-29)40-15-17-41(18-16-40)32-14-13-30(19-35-32)46-20-31-21-47-34(48-31,22-42-23-36-38-39-42)27-7-5-25(2)6-8-27/h5-14,19,23-24,26,31H,4,15-18,20-22H2,1-3H3/t26?,31-,34-/m1/s1. The molecule has 3 aromatic heterocycles. The maximum Gasteiger partial charge on any atom is 0.350 e. The van der Waals surface area contributed by atoms with E-state index in [-0.39, 0.29) is 17.8 Å². The summed E-state index contributed by atoms with van der Waals surface area (Å²) in [5.74, 6) is 0.568. The van der Waals surface area contributed by atoms with Crippen LogP contribution in [0, 0.1) is 6.92 Å². The molecule has 2 aliphatic rings. The van der Waals surface area contributed by atoms with Gasteiger partial charge in [0.25, 0.3) is 0 Å². The minimum atomic E-state index is -1.01. The van der Waals surface area contributed by atoms with Crippen LogP contribution in [-0.4, -0.2) is 85.0 Å². The average molecular weight is 653 g/mol. The SMILES string of the molecule is CCC(C)n1ncn(-c2ccc(N3CCN(c4ccc(OC[C@@H]5CO[C@@](Cn6cnnn6)(c6ccc(C)cc6)O5)cn4)CC3)cc2)c1=O. The van der Waals surface area contributed by atoms with Gasteiger partial charge < -0.3 is 24.0 Å². The molecule has 14 heteroatoms. The number of aryl methyl sites for hydroxylation is 1. The van der Waals surface area contributed by atoms with Crippen molar-refractivity contribution in [1.82, 2.24) is 39.5 Å². The van der Waals surface area contributed by atoms with Crippen LogP contribution in [-0.2, 0) is 21.8 Å². The van der Waals surface area contributed by atoms with Gasteiger partial charge in [-0.25, -0.2) is 23.7 Å². The molecule has 0 amide bonds. The Morgan fingerprint density at radius 2 is 1.71 bits per heavy atom. The Bertz CT molecular complexity index is 1830. The van der Waals surface area contributed by atoms with E-state index in [0.29, 0.717) is 25.5 Å². The monoisotopic (exact) mass is 652 g/mol. The number of nitrogens with zero attached hydrogens (tertiary/aromatic N) is 10. The Kier molecular flexibility index (Phi) is 8.91. The summed E-state index contributed by atoms with van der Waals surface area (Å²) >= 11 is 0. The minimum Gasteiger partial charge on any atom is -0.489 e. The second-order valence-corrected chi connectivity index (χ2v) is 12.3. The lowest BCUT2D eigenvalue weighted by atomic mass is 10.0. The van der Waals surface area contributed by atoms with E-state index in [4.69, 9.17) is 19.2 Å². The van der Waals surface area contributed by atoms with Crippen LogP contribution in [0.3, 0.4) is 0 Å². The van der Waals surface area contributed by atoms with Gasteiger partial charge in [-0.15, -0.1) is 5.10 Å². The van der Waals surface area contributed by atoms with E-state index in [1.54, 1.807) is 28.1 Å². The lowest BCUT2D eigenvalue weighted by Crippen LogP contribution is -2.46. The van der Waals surface area contributed by atoms with Crippen LogP contribution in [0.4, 0.5) is 11.5 Å². The van der Waals surface area contributed by atoms with Crippen molar-refractivity contribution >= 4 is 11.5 Å². The number of piperazine rings is 1. The molecule has 2 fully saturated rings. The number of ether oxygens (including phenoxy) is 3. The third kappa shape index (κ3) is 6.53. The van der Waals surface area contributed by atoms with Crippen molar-refractivity contribution in [2.24, 2.45) is 0 Å². The molecule has 48 heavy (non-hydrogen) atoms. The highest BCUT2D eigenvalue weighted by Crippen LogP contribution is 2.36. The summed E-state index contributed by atoms with van der Waals surface area (Å²) < 4.78 is 23.6. The minimum absolute atomic E-state index is 0.0651. The highest BCUT2D eigenvalue weighted by molar-refractivity contribution is 5.53. The zero-order valence-electron chi connectivity index (χ0n) is 27.4. The fraction of sp³-hybridized carbons (Fsp3) is 0.412. The van der Waals surface area contributed by atoms with Crippen LogP contribution in [0.5, 0.6) is 5.75 Å². The van der Waals surface area contributed by atoms with E-state index in [2.05, 4.69) is 42.6 Å². The van der Waals surface area contributed by atoms with Gasteiger partial charge in [0.15, 0.2) is 0 Å². The Labute approximate surface area is 278 Å². The van der Waals surface area contributed by atoms with Crippen molar-refractivity contribution < 1.29 is 14.2 Å². The van der Waals surface area contributed by atoms with Gasteiger partial charge in [0.05, 0.1) is 24.5 Å². The fourth-order valence-corrected chi connectivity index (χ4v) is 6.07. The van der Waals surface area contributed by atoms with Gasteiger partial charge in [-0.3, -0.25) is 0 Å². The first-order valence-electron chi connectivity index (χ1n) is 16.4. The van der Waals surface area contributed by atoms with E-state index in [1.807, 2.05) is 69.3 Å². The number of hydrogen-bond acceptors (Lipinski definition) is 11. The van der Waals surface area contributed by atoms with E-state index in [9.17, 15) is 4.79 Å². The number of pyridine rings is 1. The van der Waals surface area contributed by atoms with Crippen LogP contribution in [0.25, 0.3) is 5.69 Å². The lowest BCUT2D eigenvalue weighted by molar-refractivity contribution is -0.191. The molecule has 250 valence electrons. The molecular formula is C34H40N10O4. The molecule has 2 aromatic carbocycles. The van der Waals surface area contributed by atoms with Crippen molar-refractivity contribution in [2.75, 3.05) is 49.2 Å². The van der Waals surface area contributed by atoms with Crippen molar-refractivity contribution in [2.45, 2.75) is 51.7 Å². The predicted octanol–water partition coefficient (Wildman–Crippen LogP) is 3.37. The number of aromatic nitrogens is 8. The predicted molar refractivity (Wildman–Crippen MR) is 178 cm³/mol. The Hall–Kier alpha value is -5.08. The maximum absolute atomic E-state index is 12.8. The summed E-state index contributed by atoms with van der Waals surface area (Å²) in [6.45, 7) is 10.5. The van der Waals surface area contributed by atoms with E-state index < -0.39 is 5.79 Å². The molecule has 2 saturated heterocycles. The van der Waals surface area contributed by atoms with Crippen molar-refractivity contribution in [3.05, 3.63) is 101 Å². The van der Waals surface area contributed by atoms with E-state index in [0.717, 1.165) is 60.9 Å². The van der Waals surface area contributed by atoms with Crippen molar-refractivity contribution in [1.29, 1.82) is 0 Å². The van der Waals surface area contributed by atoms with Gasteiger partial charge in [0.2, 0.25) is 5.79 Å². The summed E-state index contributed by atoms with van der Waals surface area (Å²) in [6.07, 6.45) is 5.47. The molecule has 0 radical (unpaired) electrons. The van der Waals surface area contributed by atoms with Crippen LogP contribution in [0.15, 0.2) is 84.3 Å². The van der Waals surface area contributed by atoms with Crippen molar-refractivity contribution in [3.8, 4) is 11.4 Å². The molecule has 0 N–H and O–H groups in total. The summed E-state index contributed by atoms with van der Waals surface area (Å²) in [5, 5.41) is 15.8. The second kappa shape index (κ2) is 13.6. The molecule has 0 bridgehead atoms. The zero-order valence-corrected chi connectivity index (χ0v) is 27.4. The Morgan fingerprint density at radius 3 is 2.40 bits per heavy atom. The van der Waals surface area contributed by atoms with Gasteiger partial charge in [-0.05, 0) is 67.1 Å². The summed E-state index contributed by atoms with van der Waals surface area (Å²) in [5.41, 5.74) is 3.87. The summed E-state index contributed by atoms with van der Waals surface area (Å²) in [7, 11) is 0. The number of tetrazole rings is 1. The molecule has 14 nitrogen and oxygen atoms in total. The second-order valence-electron chi connectivity index (χ2n) is 12.3. The number of rotatable bonds is 11. The molecule has 5 heterocycles. The Balaban J connectivity index is 0.916. The van der Waals surface area contributed by atoms with Gasteiger partial charge in [-0.1, -0.05) is 36.8 Å². The van der Waals surface area contributed by atoms with Crippen molar-refractivity contribution in [3.63, 3.8) is 0 Å². The van der Waals surface area contributed by atoms with E-state index >= 15 is 0 Å². The molecular weight excluding hydrogens is 612 g/mol.